The summed E-state index contributed by atoms with van der Waals surface area (Å²) in [6, 6.07) is 8.39. The van der Waals surface area contributed by atoms with Gasteiger partial charge in [-0.2, -0.15) is 0 Å². The zero-order valence-electron chi connectivity index (χ0n) is 15.3. The minimum atomic E-state index is 0.0566. The molecule has 0 bridgehead atoms. The van der Waals surface area contributed by atoms with E-state index in [1.54, 1.807) is 0 Å². The van der Waals surface area contributed by atoms with Gasteiger partial charge in [0.05, 0.1) is 4.88 Å². The van der Waals surface area contributed by atoms with Gasteiger partial charge in [0.15, 0.2) is 0 Å². The molecule has 0 radical (unpaired) electrons. The molecule has 1 aliphatic rings. The highest BCUT2D eigenvalue weighted by atomic mass is 32.1. The Balaban J connectivity index is 1.56. The molecule has 1 heterocycles. The second-order valence-electron chi connectivity index (χ2n) is 7.20. The minimum absolute atomic E-state index is 0.0566. The highest BCUT2D eigenvalue weighted by molar-refractivity contribution is 7.12. The lowest BCUT2D eigenvalue weighted by atomic mass is 9.86. The molecular weight excluding hydrogens is 330 g/mol. The van der Waals surface area contributed by atoms with Gasteiger partial charge in [-0.1, -0.05) is 25.8 Å². The van der Waals surface area contributed by atoms with Crippen LogP contribution in [-0.2, 0) is 6.61 Å². The first-order chi connectivity index (χ1) is 12.0. The Bertz CT molecular complexity index is 737. The smallest absolute Gasteiger partial charge is 0.261 e. The third kappa shape index (κ3) is 4.63. The third-order valence-corrected chi connectivity index (χ3v) is 6.17. The lowest BCUT2D eigenvalue weighted by Gasteiger charge is -2.29. The highest BCUT2D eigenvalue weighted by Gasteiger charge is 2.23. The summed E-state index contributed by atoms with van der Waals surface area (Å²) in [5, 5.41) is 5.23. The molecule has 3 nitrogen and oxygen atoms in total. The SMILES string of the molecule is Cc1ccc(OCc2csc(C(=O)NC3CCCCC3C)c2)cc1C. The number of aryl methyl sites for hydroxylation is 2. The zero-order chi connectivity index (χ0) is 17.8. The summed E-state index contributed by atoms with van der Waals surface area (Å²) in [4.78, 5) is 13.3. The Kier molecular flexibility index (Phi) is 5.79. The van der Waals surface area contributed by atoms with E-state index in [4.69, 9.17) is 4.74 Å². The van der Waals surface area contributed by atoms with Crippen molar-refractivity contribution in [2.45, 2.75) is 59.1 Å². The Morgan fingerprint density at radius 2 is 2.00 bits per heavy atom. The van der Waals surface area contributed by atoms with E-state index in [0.717, 1.165) is 22.6 Å². The van der Waals surface area contributed by atoms with E-state index in [-0.39, 0.29) is 5.91 Å². The van der Waals surface area contributed by atoms with Gasteiger partial charge in [0.2, 0.25) is 0 Å². The molecule has 1 aliphatic carbocycles. The number of carbonyl (C=O) groups is 1. The molecular formula is C21H27NO2S. The first kappa shape index (κ1) is 18.0. The minimum Gasteiger partial charge on any atom is -0.489 e. The number of nitrogens with one attached hydrogen (secondary N) is 1. The molecule has 2 unspecified atom stereocenters. The molecule has 4 heteroatoms. The van der Waals surface area contributed by atoms with Crippen molar-refractivity contribution in [3.63, 3.8) is 0 Å². The van der Waals surface area contributed by atoms with Crippen LogP contribution < -0.4 is 10.1 Å². The van der Waals surface area contributed by atoms with Crippen LogP contribution in [0.25, 0.3) is 0 Å². The maximum Gasteiger partial charge on any atom is 0.261 e. The Labute approximate surface area is 154 Å². The summed E-state index contributed by atoms with van der Waals surface area (Å²) < 4.78 is 5.86. The lowest BCUT2D eigenvalue weighted by Crippen LogP contribution is -2.40. The molecule has 2 aromatic rings. The molecule has 134 valence electrons. The van der Waals surface area contributed by atoms with Crippen LogP contribution >= 0.6 is 11.3 Å². The summed E-state index contributed by atoms with van der Waals surface area (Å²) >= 11 is 1.50. The molecule has 2 atom stereocenters. The van der Waals surface area contributed by atoms with Crippen LogP contribution in [0.2, 0.25) is 0 Å². The molecule has 0 spiro atoms. The molecule has 1 saturated carbocycles. The van der Waals surface area contributed by atoms with Crippen molar-refractivity contribution in [2.75, 3.05) is 0 Å². The normalized spacial score (nSPS) is 20.3. The van der Waals surface area contributed by atoms with Gasteiger partial charge in [-0.3, -0.25) is 4.79 Å². The fourth-order valence-corrected chi connectivity index (χ4v) is 4.11. The van der Waals surface area contributed by atoms with E-state index < -0.39 is 0 Å². The second-order valence-corrected chi connectivity index (χ2v) is 8.11. The van der Waals surface area contributed by atoms with Crippen molar-refractivity contribution in [3.05, 3.63) is 51.2 Å². The van der Waals surface area contributed by atoms with Crippen molar-refractivity contribution >= 4 is 17.2 Å². The van der Waals surface area contributed by atoms with Gasteiger partial charge >= 0.3 is 0 Å². The molecule has 0 saturated heterocycles. The van der Waals surface area contributed by atoms with E-state index in [9.17, 15) is 4.79 Å². The number of rotatable bonds is 5. The average molecular weight is 358 g/mol. The third-order valence-electron chi connectivity index (χ3n) is 5.19. The summed E-state index contributed by atoms with van der Waals surface area (Å²) in [7, 11) is 0. The predicted molar refractivity (Wildman–Crippen MR) is 103 cm³/mol. The Morgan fingerprint density at radius 1 is 1.20 bits per heavy atom. The van der Waals surface area contributed by atoms with Gasteiger partial charge in [-0.15, -0.1) is 11.3 Å². The van der Waals surface area contributed by atoms with Crippen LogP contribution in [0.4, 0.5) is 0 Å². The number of amides is 1. The fraction of sp³-hybridized carbons (Fsp3) is 0.476. The van der Waals surface area contributed by atoms with Crippen LogP contribution in [0.15, 0.2) is 29.6 Å². The lowest BCUT2D eigenvalue weighted by molar-refractivity contribution is 0.0914. The van der Waals surface area contributed by atoms with Crippen LogP contribution in [0, 0.1) is 19.8 Å². The quantitative estimate of drug-likeness (QED) is 0.793. The van der Waals surface area contributed by atoms with Crippen LogP contribution in [-0.4, -0.2) is 11.9 Å². The first-order valence-electron chi connectivity index (χ1n) is 9.11. The number of thiophene rings is 1. The van der Waals surface area contributed by atoms with E-state index >= 15 is 0 Å². The van der Waals surface area contributed by atoms with Gasteiger partial charge in [0.25, 0.3) is 5.91 Å². The Hall–Kier alpha value is -1.81. The number of hydrogen-bond acceptors (Lipinski definition) is 3. The molecule has 25 heavy (non-hydrogen) atoms. The fourth-order valence-electron chi connectivity index (χ4n) is 3.31. The van der Waals surface area contributed by atoms with Crippen molar-refractivity contribution in [1.29, 1.82) is 0 Å². The maximum absolute atomic E-state index is 12.5. The standard InChI is InChI=1S/C21H27NO2S/c1-14-8-9-18(10-16(14)3)24-12-17-11-20(25-13-17)21(23)22-19-7-5-4-6-15(19)2/h8-11,13,15,19H,4-7,12H2,1-3H3,(H,22,23). The highest BCUT2D eigenvalue weighted by Crippen LogP contribution is 2.25. The molecule has 1 aromatic carbocycles. The molecule has 1 aromatic heterocycles. The van der Waals surface area contributed by atoms with E-state index in [2.05, 4.69) is 38.2 Å². The van der Waals surface area contributed by atoms with E-state index in [0.29, 0.717) is 18.6 Å². The molecule has 0 aliphatic heterocycles. The topological polar surface area (TPSA) is 38.3 Å². The van der Waals surface area contributed by atoms with E-state index in [1.165, 1.54) is 41.7 Å². The van der Waals surface area contributed by atoms with Crippen molar-refractivity contribution in [1.82, 2.24) is 5.32 Å². The van der Waals surface area contributed by atoms with E-state index in [1.807, 2.05) is 17.5 Å². The van der Waals surface area contributed by atoms with Gasteiger partial charge < -0.3 is 10.1 Å². The largest absolute Gasteiger partial charge is 0.489 e. The van der Waals surface area contributed by atoms with Gasteiger partial charge in [-0.25, -0.2) is 0 Å². The first-order valence-corrected chi connectivity index (χ1v) is 9.99. The zero-order valence-corrected chi connectivity index (χ0v) is 16.1. The van der Waals surface area contributed by atoms with Crippen molar-refractivity contribution < 1.29 is 9.53 Å². The van der Waals surface area contributed by atoms with Crippen molar-refractivity contribution in [3.8, 4) is 5.75 Å². The summed E-state index contributed by atoms with van der Waals surface area (Å²) in [5.41, 5.74) is 3.54. The summed E-state index contributed by atoms with van der Waals surface area (Å²) in [6.45, 7) is 6.91. The van der Waals surface area contributed by atoms with Gasteiger partial charge in [0.1, 0.15) is 12.4 Å². The Morgan fingerprint density at radius 3 is 2.76 bits per heavy atom. The van der Waals surface area contributed by atoms with Gasteiger partial charge in [0, 0.05) is 11.6 Å². The maximum atomic E-state index is 12.5. The number of carbonyl (C=O) groups excluding carboxylic acids is 1. The monoisotopic (exact) mass is 357 g/mol. The number of ether oxygens (including phenoxy) is 1. The molecule has 1 fully saturated rings. The van der Waals surface area contributed by atoms with Crippen LogP contribution in [0.5, 0.6) is 5.75 Å². The van der Waals surface area contributed by atoms with Gasteiger partial charge in [-0.05, 0) is 67.3 Å². The molecule has 1 N–H and O–H groups in total. The van der Waals surface area contributed by atoms with Crippen LogP contribution in [0.1, 0.15) is 59.0 Å². The number of hydrogen-bond donors (Lipinski definition) is 1. The predicted octanol–water partition coefficient (Wildman–Crippen LogP) is 5.25. The molecule has 3 rings (SSSR count). The summed E-state index contributed by atoms with van der Waals surface area (Å²) in [5.74, 6) is 1.50. The molecule has 1 amide bonds. The second kappa shape index (κ2) is 8.05. The average Bonchev–Trinajstić information content (AvgIpc) is 3.07. The van der Waals surface area contributed by atoms with Crippen molar-refractivity contribution in [2.24, 2.45) is 5.92 Å². The number of benzene rings is 1. The summed E-state index contributed by atoms with van der Waals surface area (Å²) in [6.07, 6.45) is 4.81. The van der Waals surface area contributed by atoms with Crippen LogP contribution in [0.3, 0.4) is 0 Å².